The summed E-state index contributed by atoms with van der Waals surface area (Å²) in [5.74, 6) is 0.316. The van der Waals surface area contributed by atoms with E-state index in [2.05, 4.69) is 0 Å². The fraction of sp³-hybridized carbons (Fsp3) is 0.526. The van der Waals surface area contributed by atoms with Crippen molar-refractivity contribution in [3.05, 3.63) is 29.8 Å². The Morgan fingerprint density at radius 1 is 1.15 bits per heavy atom. The van der Waals surface area contributed by atoms with Crippen molar-refractivity contribution in [2.24, 2.45) is 5.92 Å². The van der Waals surface area contributed by atoms with Crippen molar-refractivity contribution in [1.29, 1.82) is 0 Å². The lowest BCUT2D eigenvalue weighted by molar-refractivity contribution is -0.145. The molecule has 1 unspecified atom stereocenters. The average Bonchev–Trinajstić information content (AvgIpc) is 2.63. The van der Waals surface area contributed by atoms with Gasteiger partial charge in [0.25, 0.3) is 6.47 Å². The van der Waals surface area contributed by atoms with Crippen molar-refractivity contribution in [3.63, 3.8) is 0 Å². The highest BCUT2D eigenvalue weighted by Crippen LogP contribution is 2.25. The zero-order valence-corrected chi connectivity index (χ0v) is 16.0. The number of hydrogen-bond donors (Lipinski definition) is 2. The second kappa shape index (κ2) is 11.2. The van der Waals surface area contributed by atoms with Gasteiger partial charge >= 0.3 is 5.97 Å². The molecule has 2 rings (SSSR count). The normalized spacial score (nSPS) is 15.5. The van der Waals surface area contributed by atoms with Crippen LogP contribution in [-0.2, 0) is 14.4 Å². The molecule has 0 bridgehead atoms. The number of amides is 1. The molecule has 1 saturated heterocycles. The Bertz CT molecular complexity index is 609. The van der Waals surface area contributed by atoms with Gasteiger partial charge in [0, 0.05) is 32.6 Å². The first-order valence-corrected chi connectivity index (χ1v) is 8.80. The van der Waals surface area contributed by atoms with Crippen molar-refractivity contribution in [2.75, 3.05) is 33.3 Å². The van der Waals surface area contributed by atoms with Crippen LogP contribution in [0, 0.1) is 5.92 Å². The number of nitrogens with zero attached hydrogens (tertiary/aromatic N) is 2. The molecule has 1 aromatic rings. The minimum atomic E-state index is -0.873. The van der Waals surface area contributed by atoms with E-state index in [9.17, 15) is 14.7 Å². The zero-order chi connectivity index (χ0) is 20.4. The molecule has 8 nitrogen and oxygen atoms in total. The summed E-state index contributed by atoms with van der Waals surface area (Å²) in [6.45, 7) is 6.08. The molecule has 150 valence electrons. The monoisotopic (exact) mass is 380 g/mol. The first kappa shape index (κ1) is 22.4. The number of rotatable bonds is 6. The quantitative estimate of drug-likeness (QED) is 0.724. The van der Waals surface area contributed by atoms with Crippen LogP contribution in [0.25, 0.3) is 0 Å². The Kier molecular flexibility index (Phi) is 9.29. The standard InChI is InChI=1S/C18H26N2O4.CH2O2/c1-13(2)12-16(21)19-8-10-20(11-9-19)17(18(22)23)14-4-6-15(24-3)7-5-14;2-1-3/h4-7,13,17H,8-12H2,1-3H3,(H,22,23);1H,(H,2,3). The third-order valence-electron chi connectivity index (χ3n) is 4.28. The highest BCUT2D eigenvalue weighted by molar-refractivity contribution is 5.77. The molecule has 0 aromatic heterocycles. The van der Waals surface area contributed by atoms with Gasteiger partial charge in [-0.25, -0.2) is 0 Å². The lowest BCUT2D eigenvalue weighted by atomic mass is 10.0. The van der Waals surface area contributed by atoms with E-state index in [0.717, 1.165) is 5.56 Å². The number of carbonyl (C=O) groups excluding carboxylic acids is 1. The topological polar surface area (TPSA) is 107 Å². The third-order valence-corrected chi connectivity index (χ3v) is 4.28. The molecular weight excluding hydrogens is 352 g/mol. The van der Waals surface area contributed by atoms with Gasteiger partial charge in [-0.05, 0) is 23.6 Å². The smallest absolute Gasteiger partial charge is 0.325 e. The lowest BCUT2D eigenvalue weighted by Crippen LogP contribution is -2.51. The van der Waals surface area contributed by atoms with Crippen molar-refractivity contribution in [1.82, 2.24) is 9.80 Å². The zero-order valence-electron chi connectivity index (χ0n) is 16.0. The molecular formula is C19H28N2O6. The largest absolute Gasteiger partial charge is 0.497 e. The van der Waals surface area contributed by atoms with Gasteiger partial charge in [0.05, 0.1) is 7.11 Å². The average molecular weight is 380 g/mol. The van der Waals surface area contributed by atoms with Crippen molar-refractivity contribution < 1.29 is 29.3 Å². The van der Waals surface area contributed by atoms with Crippen LogP contribution in [0.3, 0.4) is 0 Å². The molecule has 0 aliphatic carbocycles. The Labute approximate surface area is 159 Å². The number of ether oxygens (including phenoxy) is 1. The summed E-state index contributed by atoms with van der Waals surface area (Å²) >= 11 is 0. The maximum Gasteiger partial charge on any atom is 0.325 e. The van der Waals surface area contributed by atoms with Crippen LogP contribution >= 0.6 is 0 Å². The minimum Gasteiger partial charge on any atom is -0.497 e. The summed E-state index contributed by atoms with van der Waals surface area (Å²) in [7, 11) is 1.58. The van der Waals surface area contributed by atoms with E-state index in [1.807, 2.05) is 23.6 Å². The molecule has 2 N–H and O–H groups in total. The van der Waals surface area contributed by atoms with Crippen LogP contribution in [0.2, 0.25) is 0 Å². The van der Waals surface area contributed by atoms with Gasteiger partial charge in [0.1, 0.15) is 11.8 Å². The maximum absolute atomic E-state index is 12.1. The minimum absolute atomic E-state index is 0.154. The van der Waals surface area contributed by atoms with E-state index in [1.54, 1.807) is 31.4 Å². The van der Waals surface area contributed by atoms with Gasteiger partial charge in [-0.2, -0.15) is 0 Å². The molecule has 1 atom stereocenters. The Morgan fingerprint density at radius 2 is 1.67 bits per heavy atom. The molecule has 1 fully saturated rings. The third kappa shape index (κ3) is 6.90. The summed E-state index contributed by atoms with van der Waals surface area (Å²) in [6.07, 6.45) is 0.542. The van der Waals surface area contributed by atoms with Crippen LogP contribution in [0.1, 0.15) is 31.9 Å². The number of methoxy groups -OCH3 is 1. The van der Waals surface area contributed by atoms with Crippen LogP contribution < -0.4 is 4.74 Å². The van der Waals surface area contributed by atoms with Crippen LogP contribution in [0.5, 0.6) is 5.75 Å². The molecule has 8 heteroatoms. The first-order valence-electron chi connectivity index (χ1n) is 8.80. The first-order chi connectivity index (χ1) is 12.8. The molecule has 0 radical (unpaired) electrons. The maximum atomic E-state index is 12.1. The Morgan fingerprint density at radius 3 is 2.07 bits per heavy atom. The molecule has 1 aliphatic heterocycles. The second-order valence-corrected chi connectivity index (χ2v) is 6.63. The van der Waals surface area contributed by atoms with Crippen molar-refractivity contribution in [2.45, 2.75) is 26.3 Å². The van der Waals surface area contributed by atoms with E-state index in [4.69, 9.17) is 14.6 Å². The van der Waals surface area contributed by atoms with E-state index in [1.165, 1.54) is 0 Å². The van der Waals surface area contributed by atoms with E-state index < -0.39 is 12.0 Å². The highest BCUT2D eigenvalue weighted by Gasteiger charge is 2.31. The molecule has 0 spiro atoms. The number of carbonyl (C=O) groups is 3. The number of carboxylic acid groups (broad SMARTS) is 2. The highest BCUT2D eigenvalue weighted by atomic mass is 16.5. The molecule has 0 saturated carbocycles. The lowest BCUT2D eigenvalue weighted by Gasteiger charge is -2.38. The molecule has 1 aliphatic rings. The number of hydrogen-bond acceptors (Lipinski definition) is 5. The second-order valence-electron chi connectivity index (χ2n) is 6.63. The molecule has 1 amide bonds. The molecule has 1 aromatic carbocycles. The summed E-state index contributed by atoms with van der Waals surface area (Å²) in [4.78, 5) is 36.0. The van der Waals surface area contributed by atoms with Gasteiger partial charge in [-0.3, -0.25) is 19.3 Å². The summed E-state index contributed by atoms with van der Waals surface area (Å²) in [6, 6.07) is 6.42. The fourth-order valence-electron chi connectivity index (χ4n) is 3.00. The SMILES string of the molecule is COc1ccc(C(C(=O)O)N2CCN(C(=O)CC(C)C)CC2)cc1.O=CO. The van der Waals surface area contributed by atoms with E-state index in [0.29, 0.717) is 44.3 Å². The van der Waals surface area contributed by atoms with Crippen molar-refractivity contribution >= 4 is 18.3 Å². The fourth-order valence-corrected chi connectivity index (χ4v) is 3.00. The Balaban J connectivity index is 0.00000114. The Hall–Kier alpha value is -2.61. The molecule has 1 heterocycles. The number of aliphatic carboxylic acids is 1. The summed E-state index contributed by atoms with van der Waals surface area (Å²) in [5, 5.41) is 16.5. The van der Waals surface area contributed by atoms with Crippen molar-refractivity contribution in [3.8, 4) is 5.75 Å². The number of piperazine rings is 1. The number of carboxylic acids is 1. The van der Waals surface area contributed by atoms with Gasteiger partial charge < -0.3 is 19.8 Å². The number of benzene rings is 1. The summed E-state index contributed by atoms with van der Waals surface area (Å²) < 4.78 is 5.12. The summed E-state index contributed by atoms with van der Waals surface area (Å²) in [5.41, 5.74) is 0.727. The van der Waals surface area contributed by atoms with E-state index >= 15 is 0 Å². The van der Waals surface area contributed by atoms with Gasteiger partial charge in [-0.15, -0.1) is 0 Å². The van der Waals surface area contributed by atoms with Crippen LogP contribution in [0.15, 0.2) is 24.3 Å². The van der Waals surface area contributed by atoms with Crippen LogP contribution in [-0.4, -0.2) is 71.7 Å². The van der Waals surface area contributed by atoms with Gasteiger partial charge in [0.2, 0.25) is 5.91 Å². The van der Waals surface area contributed by atoms with E-state index in [-0.39, 0.29) is 12.4 Å². The van der Waals surface area contributed by atoms with Gasteiger partial charge in [0.15, 0.2) is 0 Å². The van der Waals surface area contributed by atoms with Gasteiger partial charge in [-0.1, -0.05) is 26.0 Å². The molecule has 27 heavy (non-hydrogen) atoms. The predicted molar refractivity (Wildman–Crippen MR) is 99.7 cm³/mol. The predicted octanol–water partition coefficient (Wildman–Crippen LogP) is 1.71. The van der Waals surface area contributed by atoms with Crippen LogP contribution in [0.4, 0.5) is 0 Å².